The standard InChI is InChI=1S/C19H25N3OS/c1-13(2)21-9-11-22(12-10-21)19(23)17-15(4)20-18(24-17)16-8-6-5-7-14(16)3/h5-8,13H,9-12H2,1-4H3. The van der Waals surface area contributed by atoms with Crippen LogP contribution in [-0.2, 0) is 0 Å². The van der Waals surface area contributed by atoms with Crippen LogP contribution < -0.4 is 0 Å². The largest absolute Gasteiger partial charge is 0.335 e. The molecule has 1 saturated heterocycles. The van der Waals surface area contributed by atoms with E-state index in [-0.39, 0.29) is 5.91 Å². The van der Waals surface area contributed by atoms with Crippen LogP contribution in [0.25, 0.3) is 10.6 Å². The summed E-state index contributed by atoms with van der Waals surface area (Å²) in [6, 6.07) is 8.74. The lowest BCUT2D eigenvalue weighted by Crippen LogP contribution is -2.50. The van der Waals surface area contributed by atoms with Gasteiger partial charge in [-0.15, -0.1) is 11.3 Å². The minimum atomic E-state index is 0.133. The minimum absolute atomic E-state index is 0.133. The molecule has 0 aliphatic carbocycles. The van der Waals surface area contributed by atoms with Crippen LogP contribution in [0.5, 0.6) is 0 Å². The number of aryl methyl sites for hydroxylation is 2. The van der Waals surface area contributed by atoms with Gasteiger partial charge in [0.05, 0.1) is 5.69 Å². The van der Waals surface area contributed by atoms with Gasteiger partial charge in [-0.1, -0.05) is 24.3 Å². The molecule has 0 unspecified atom stereocenters. The molecule has 0 atom stereocenters. The summed E-state index contributed by atoms with van der Waals surface area (Å²) in [4.78, 5) is 22.7. The number of rotatable bonds is 3. The van der Waals surface area contributed by atoms with E-state index in [0.29, 0.717) is 6.04 Å². The van der Waals surface area contributed by atoms with E-state index in [1.807, 2.05) is 24.0 Å². The molecule has 0 radical (unpaired) electrons. The quantitative estimate of drug-likeness (QED) is 0.854. The van der Waals surface area contributed by atoms with Crippen LogP contribution in [0.1, 0.15) is 34.8 Å². The monoisotopic (exact) mass is 343 g/mol. The Kier molecular flexibility index (Phi) is 5.01. The first kappa shape index (κ1) is 17.1. The second-order valence-electron chi connectivity index (χ2n) is 6.67. The smallest absolute Gasteiger partial charge is 0.265 e. The molecule has 1 aromatic carbocycles. The molecule has 0 bridgehead atoms. The maximum absolute atomic E-state index is 12.9. The highest BCUT2D eigenvalue weighted by Crippen LogP contribution is 2.31. The van der Waals surface area contributed by atoms with E-state index in [9.17, 15) is 4.79 Å². The predicted molar refractivity (Wildman–Crippen MR) is 99.6 cm³/mol. The van der Waals surface area contributed by atoms with Crippen LogP contribution in [0.15, 0.2) is 24.3 Å². The van der Waals surface area contributed by atoms with Crippen molar-refractivity contribution in [3.63, 3.8) is 0 Å². The van der Waals surface area contributed by atoms with Crippen molar-refractivity contribution in [2.24, 2.45) is 0 Å². The average molecular weight is 343 g/mol. The fourth-order valence-electron chi connectivity index (χ4n) is 3.11. The maximum atomic E-state index is 12.9. The molecule has 4 nitrogen and oxygen atoms in total. The van der Waals surface area contributed by atoms with Crippen molar-refractivity contribution in [3.05, 3.63) is 40.4 Å². The summed E-state index contributed by atoms with van der Waals surface area (Å²) >= 11 is 1.52. The lowest BCUT2D eigenvalue weighted by molar-refractivity contribution is 0.0599. The SMILES string of the molecule is Cc1ccccc1-c1nc(C)c(C(=O)N2CCN(C(C)C)CC2)s1. The van der Waals surface area contributed by atoms with E-state index in [4.69, 9.17) is 0 Å². The summed E-state index contributed by atoms with van der Waals surface area (Å²) in [5.41, 5.74) is 3.15. The van der Waals surface area contributed by atoms with Crippen molar-refractivity contribution in [3.8, 4) is 10.6 Å². The van der Waals surface area contributed by atoms with E-state index in [1.54, 1.807) is 0 Å². The number of amides is 1. The second kappa shape index (κ2) is 7.03. The zero-order valence-corrected chi connectivity index (χ0v) is 15.7. The molecule has 0 spiro atoms. The molecular weight excluding hydrogens is 318 g/mol. The highest BCUT2D eigenvalue weighted by molar-refractivity contribution is 7.17. The molecule has 5 heteroatoms. The first-order chi connectivity index (χ1) is 11.5. The van der Waals surface area contributed by atoms with Gasteiger partial charge in [-0.2, -0.15) is 0 Å². The van der Waals surface area contributed by atoms with Gasteiger partial charge in [0, 0.05) is 37.8 Å². The van der Waals surface area contributed by atoms with Crippen molar-refractivity contribution in [1.82, 2.24) is 14.8 Å². The van der Waals surface area contributed by atoms with E-state index in [1.165, 1.54) is 16.9 Å². The number of aromatic nitrogens is 1. The molecule has 1 fully saturated rings. The van der Waals surface area contributed by atoms with Gasteiger partial charge in [-0.3, -0.25) is 9.69 Å². The molecule has 3 rings (SSSR count). The Bertz CT molecular complexity index is 730. The van der Waals surface area contributed by atoms with E-state index >= 15 is 0 Å². The summed E-state index contributed by atoms with van der Waals surface area (Å²) in [6.45, 7) is 11.9. The summed E-state index contributed by atoms with van der Waals surface area (Å²) in [5.74, 6) is 0.133. The number of hydrogen-bond donors (Lipinski definition) is 0. The third kappa shape index (κ3) is 3.37. The Balaban J connectivity index is 1.78. The zero-order valence-electron chi connectivity index (χ0n) is 14.9. The summed E-state index contributed by atoms with van der Waals surface area (Å²) in [7, 11) is 0. The fraction of sp³-hybridized carbons (Fsp3) is 0.474. The summed E-state index contributed by atoms with van der Waals surface area (Å²) < 4.78 is 0. The van der Waals surface area contributed by atoms with Crippen LogP contribution in [0.2, 0.25) is 0 Å². The first-order valence-electron chi connectivity index (χ1n) is 8.54. The maximum Gasteiger partial charge on any atom is 0.265 e. The average Bonchev–Trinajstić information content (AvgIpc) is 2.96. The second-order valence-corrected chi connectivity index (χ2v) is 7.67. The van der Waals surface area contributed by atoms with Crippen LogP contribution >= 0.6 is 11.3 Å². The van der Waals surface area contributed by atoms with Gasteiger partial charge in [0.25, 0.3) is 5.91 Å². The number of carbonyl (C=O) groups is 1. The molecule has 0 N–H and O–H groups in total. The number of benzene rings is 1. The number of nitrogens with zero attached hydrogens (tertiary/aromatic N) is 3. The Labute approximate surface area is 148 Å². The van der Waals surface area contributed by atoms with E-state index in [0.717, 1.165) is 47.3 Å². The third-order valence-electron chi connectivity index (χ3n) is 4.70. The third-order valence-corrected chi connectivity index (χ3v) is 5.88. The minimum Gasteiger partial charge on any atom is -0.335 e. The molecule has 2 aromatic rings. The van der Waals surface area contributed by atoms with Gasteiger partial charge >= 0.3 is 0 Å². The molecule has 0 saturated carbocycles. The number of piperazine rings is 1. The lowest BCUT2D eigenvalue weighted by atomic mass is 10.1. The van der Waals surface area contributed by atoms with Crippen molar-refractivity contribution in [2.45, 2.75) is 33.7 Å². The van der Waals surface area contributed by atoms with Gasteiger partial charge in [0.1, 0.15) is 9.88 Å². The molecular formula is C19H25N3OS. The molecule has 1 aliphatic heterocycles. The topological polar surface area (TPSA) is 36.4 Å². The number of carbonyl (C=O) groups excluding carboxylic acids is 1. The zero-order chi connectivity index (χ0) is 17.3. The molecule has 2 heterocycles. The summed E-state index contributed by atoms with van der Waals surface area (Å²) in [6.07, 6.45) is 0. The lowest BCUT2D eigenvalue weighted by Gasteiger charge is -2.36. The van der Waals surface area contributed by atoms with Crippen LogP contribution in [0.3, 0.4) is 0 Å². The molecule has 1 aromatic heterocycles. The van der Waals surface area contributed by atoms with Gasteiger partial charge < -0.3 is 4.90 Å². The molecule has 1 aliphatic rings. The van der Waals surface area contributed by atoms with Crippen molar-refractivity contribution in [2.75, 3.05) is 26.2 Å². The summed E-state index contributed by atoms with van der Waals surface area (Å²) in [5, 5.41) is 0.940. The highest BCUT2D eigenvalue weighted by atomic mass is 32.1. The Morgan fingerprint density at radius 2 is 1.79 bits per heavy atom. The predicted octanol–water partition coefficient (Wildman–Crippen LogP) is 3.59. The van der Waals surface area contributed by atoms with Crippen LogP contribution in [0.4, 0.5) is 0 Å². The van der Waals surface area contributed by atoms with Crippen molar-refractivity contribution >= 4 is 17.2 Å². The van der Waals surface area contributed by atoms with E-state index in [2.05, 4.69) is 42.8 Å². The Hall–Kier alpha value is -1.72. The number of hydrogen-bond acceptors (Lipinski definition) is 4. The normalized spacial score (nSPS) is 16.0. The fourth-order valence-corrected chi connectivity index (χ4v) is 4.23. The Morgan fingerprint density at radius 3 is 2.42 bits per heavy atom. The van der Waals surface area contributed by atoms with Gasteiger partial charge in [-0.05, 0) is 33.3 Å². The molecule has 24 heavy (non-hydrogen) atoms. The van der Waals surface area contributed by atoms with Crippen LogP contribution in [-0.4, -0.2) is 52.9 Å². The first-order valence-corrected chi connectivity index (χ1v) is 9.35. The molecule has 128 valence electrons. The molecule has 1 amide bonds. The van der Waals surface area contributed by atoms with Crippen LogP contribution in [0, 0.1) is 13.8 Å². The van der Waals surface area contributed by atoms with Crippen molar-refractivity contribution in [1.29, 1.82) is 0 Å². The van der Waals surface area contributed by atoms with Gasteiger partial charge in [0.15, 0.2) is 0 Å². The number of thiazole rings is 1. The van der Waals surface area contributed by atoms with Crippen molar-refractivity contribution < 1.29 is 4.79 Å². The Morgan fingerprint density at radius 1 is 1.12 bits per heavy atom. The van der Waals surface area contributed by atoms with Gasteiger partial charge in [0.2, 0.25) is 0 Å². The highest BCUT2D eigenvalue weighted by Gasteiger charge is 2.26. The van der Waals surface area contributed by atoms with E-state index < -0.39 is 0 Å². The van der Waals surface area contributed by atoms with Gasteiger partial charge in [-0.25, -0.2) is 4.98 Å².